The number of sulfone groups is 1. The van der Waals surface area contributed by atoms with Gasteiger partial charge in [-0.15, -0.1) is 0 Å². The third kappa shape index (κ3) is 3.49. The Bertz CT molecular complexity index is 1070. The Morgan fingerprint density at radius 2 is 1.74 bits per heavy atom. The van der Waals surface area contributed by atoms with Gasteiger partial charge < -0.3 is 9.72 Å². The molecule has 0 bridgehead atoms. The van der Waals surface area contributed by atoms with Crippen LogP contribution in [-0.2, 0) is 14.6 Å². The van der Waals surface area contributed by atoms with E-state index < -0.39 is 21.1 Å². The molecule has 1 unspecified atom stereocenters. The average molecular weight is 385 g/mol. The SMILES string of the molecule is CCOC(=O)c1[nH]c2ccccc2c1C(CC)S(=O)(=O)c1ccc(C)cc1. The van der Waals surface area contributed by atoms with Crippen molar-refractivity contribution >= 4 is 26.7 Å². The first-order valence-electron chi connectivity index (χ1n) is 8.98. The van der Waals surface area contributed by atoms with E-state index in [1.54, 1.807) is 31.2 Å². The minimum Gasteiger partial charge on any atom is -0.461 e. The second kappa shape index (κ2) is 7.56. The molecule has 0 radical (unpaired) electrons. The Morgan fingerprint density at radius 3 is 2.37 bits per heavy atom. The molecule has 142 valence electrons. The third-order valence-electron chi connectivity index (χ3n) is 4.64. The number of hydrogen-bond donors (Lipinski definition) is 1. The van der Waals surface area contributed by atoms with E-state index in [1.165, 1.54) is 0 Å². The number of carbonyl (C=O) groups excluding carboxylic acids is 1. The van der Waals surface area contributed by atoms with Crippen molar-refractivity contribution in [2.24, 2.45) is 0 Å². The van der Waals surface area contributed by atoms with Crippen molar-refractivity contribution in [1.29, 1.82) is 0 Å². The molecular weight excluding hydrogens is 362 g/mol. The van der Waals surface area contributed by atoms with Gasteiger partial charge in [0.1, 0.15) is 5.69 Å². The molecule has 0 aliphatic rings. The maximum atomic E-state index is 13.4. The van der Waals surface area contributed by atoms with Crippen LogP contribution in [0.4, 0.5) is 0 Å². The molecule has 27 heavy (non-hydrogen) atoms. The Kier molecular flexibility index (Phi) is 5.37. The van der Waals surface area contributed by atoms with Gasteiger partial charge in [0.15, 0.2) is 9.84 Å². The van der Waals surface area contributed by atoms with Crippen molar-refractivity contribution in [3.8, 4) is 0 Å². The van der Waals surface area contributed by atoms with E-state index in [-0.39, 0.29) is 17.2 Å². The lowest BCUT2D eigenvalue weighted by molar-refractivity contribution is 0.0519. The summed E-state index contributed by atoms with van der Waals surface area (Å²) in [5, 5.41) is -0.126. The monoisotopic (exact) mass is 385 g/mol. The minimum atomic E-state index is -3.68. The molecule has 2 aromatic carbocycles. The molecule has 1 aromatic heterocycles. The third-order valence-corrected chi connectivity index (χ3v) is 6.89. The molecule has 3 rings (SSSR count). The van der Waals surface area contributed by atoms with Crippen LogP contribution in [-0.4, -0.2) is 26.0 Å². The summed E-state index contributed by atoms with van der Waals surface area (Å²) >= 11 is 0. The maximum absolute atomic E-state index is 13.4. The van der Waals surface area contributed by atoms with Crippen molar-refractivity contribution in [3.05, 3.63) is 65.4 Å². The van der Waals surface area contributed by atoms with Crippen LogP contribution in [0.1, 0.15) is 47.1 Å². The molecule has 3 aromatic rings. The number of benzene rings is 2. The van der Waals surface area contributed by atoms with Gasteiger partial charge in [-0.2, -0.15) is 0 Å². The number of aromatic amines is 1. The van der Waals surface area contributed by atoms with Gasteiger partial charge in [-0.1, -0.05) is 42.8 Å². The van der Waals surface area contributed by atoms with E-state index in [0.29, 0.717) is 17.5 Å². The van der Waals surface area contributed by atoms with Gasteiger partial charge in [0.05, 0.1) is 16.8 Å². The van der Waals surface area contributed by atoms with E-state index in [9.17, 15) is 13.2 Å². The molecule has 0 spiro atoms. The molecule has 0 fully saturated rings. The largest absolute Gasteiger partial charge is 0.461 e. The number of rotatable bonds is 6. The number of ether oxygens (including phenoxy) is 1. The maximum Gasteiger partial charge on any atom is 0.355 e. The second-order valence-corrected chi connectivity index (χ2v) is 8.57. The molecule has 6 heteroatoms. The van der Waals surface area contributed by atoms with Crippen molar-refractivity contribution in [3.63, 3.8) is 0 Å². The molecule has 0 saturated heterocycles. The predicted molar refractivity (Wildman–Crippen MR) is 106 cm³/mol. The van der Waals surface area contributed by atoms with Crippen LogP contribution < -0.4 is 0 Å². The molecular formula is C21H23NO4S. The number of H-pyrrole nitrogens is 1. The van der Waals surface area contributed by atoms with E-state index in [4.69, 9.17) is 4.74 Å². The Labute approximate surface area is 159 Å². The van der Waals surface area contributed by atoms with E-state index in [0.717, 1.165) is 10.9 Å². The summed E-state index contributed by atoms with van der Waals surface area (Å²) in [7, 11) is -3.68. The number of esters is 1. The zero-order chi connectivity index (χ0) is 19.6. The van der Waals surface area contributed by atoms with Crippen molar-refractivity contribution < 1.29 is 17.9 Å². The topological polar surface area (TPSA) is 76.2 Å². The number of fused-ring (bicyclic) bond motifs is 1. The van der Waals surface area contributed by atoms with Crippen molar-refractivity contribution in [2.45, 2.75) is 37.3 Å². The van der Waals surface area contributed by atoms with Gasteiger partial charge in [0.25, 0.3) is 0 Å². The highest BCUT2D eigenvalue weighted by atomic mass is 32.2. The van der Waals surface area contributed by atoms with Gasteiger partial charge in [0, 0.05) is 16.5 Å². The number of hydrogen-bond acceptors (Lipinski definition) is 4. The molecule has 0 amide bonds. The van der Waals surface area contributed by atoms with Crippen LogP contribution in [0.2, 0.25) is 0 Å². The van der Waals surface area contributed by atoms with Gasteiger partial charge in [-0.05, 0) is 38.5 Å². The average Bonchev–Trinajstić information content (AvgIpc) is 3.02. The highest BCUT2D eigenvalue weighted by Crippen LogP contribution is 2.38. The summed E-state index contributed by atoms with van der Waals surface area (Å²) in [6, 6.07) is 14.1. The molecule has 5 nitrogen and oxygen atoms in total. The first-order chi connectivity index (χ1) is 12.9. The first kappa shape index (κ1) is 19.2. The van der Waals surface area contributed by atoms with Gasteiger partial charge in [0.2, 0.25) is 0 Å². The molecule has 1 heterocycles. The van der Waals surface area contributed by atoms with Gasteiger partial charge in [-0.25, -0.2) is 13.2 Å². The lowest BCUT2D eigenvalue weighted by Crippen LogP contribution is -2.17. The summed E-state index contributed by atoms with van der Waals surface area (Å²) in [5.74, 6) is -0.541. The molecule has 0 aliphatic carbocycles. The number of carbonyl (C=O) groups is 1. The number of aryl methyl sites for hydroxylation is 1. The first-order valence-corrected chi connectivity index (χ1v) is 10.5. The van der Waals surface area contributed by atoms with Crippen molar-refractivity contribution in [1.82, 2.24) is 4.98 Å². The fourth-order valence-corrected chi connectivity index (χ4v) is 5.17. The normalized spacial score (nSPS) is 12.9. The smallest absolute Gasteiger partial charge is 0.355 e. The second-order valence-electron chi connectivity index (χ2n) is 6.43. The molecule has 1 atom stereocenters. The Balaban J connectivity index is 2.22. The van der Waals surface area contributed by atoms with Crippen LogP contribution >= 0.6 is 0 Å². The highest BCUT2D eigenvalue weighted by molar-refractivity contribution is 7.91. The standard InChI is InChI=1S/C21H23NO4S/c1-4-18(27(24,25)15-12-10-14(3)11-13-15)19-16-8-6-7-9-17(16)22-20(19)21(23)26-5-2/h6-13,18,22H,4-5H2,1-3H3. The van der Waals surface area contributed by atoms with E-state index >= 15 is 0 Å². The zero-order valence-electron chi connectivity index (χ0n) is 15.7. The summed E-state index contributed by atoms with van der Waals surface area (Å²) in [4.78, 5) is 15.8. The molecule has 0 saturated carbocycles. The van der Waals surface area contributed by atoms with Crippen molar-refractivity contribution in [2.75, 3.05) is 6.61 Å². The Morgan fingerprint density at radius 1 is 1.07 bits per heavy atom. The summed E-state index contributed by atoms with van der Waals surface area (Å²) in [6.45, 7) is 5.66. The van der Waals surface area contributed by atoms with Crippen LogP contribution in [0.5, 0.6) is 0 Å². The van der Waals surface area contributed by atoms with Gasteiger partial charge >= 0.3 is 5.97 Å². The van der Waals surface area contributed by atoms with E-state index in [1.807, 2.05) is 38.1 Å². The molecule has 0 aliphatic heterocycles. The minimum absolute atomic E-state index is 0.209. The number of para-hydroxylation sites is 1. The fourth-order valence-electron chi connectivity index (χ4n) is 3.33. The highest BCUT2D eigenvalue weighted by Gasteiger charge is 2.34. The lowest BCUT2D eigenvalue weighted by Gasteiger charge is -2.17. The molecule has 1 N–H and O–H groups in total. The number of nitrogens with one attached hydrogen (secondary N) is 1. The quantitative estimate of drug-likeness (QED) is 0.630. The summed E-state index contributed by atoms with van der Waals surface area (Å²) in [5.41, 5.74) is 2.39. The predicted octanol–water partition coefficient (Wildman–Crippen LogP) is 4.58. The van der Waals surface area contributed by atoms with Gasteiger partial charge in [-0.3, -0.25) is 0 Å². The fraction of sp³-hybridized carbons (Fsp3) is 0.286. The number of aromatic nitrogens is 1. The van der Waals surface area contributed by atoms with Crippen LogP contribution in [0, 0.1) is 6.92 Å². The lowest BCUT2D eigenvalue weighted by atomic mass is 10.1. The van der Waals surface area contributed by atoms with E-state index in [2.05, 4.69) is 4.98 Å². The summed E-state index contributed by atoms with van der Waals surface area (Å²) < 4.78 is 31.9. The van der Waals surface area contributed by atoms with Crippen LogP contribution in [0.15, 0.2) is 53.4 Å². The zero-order valence-corrected chi connectivity index (χ0v) is 16.5. The Hall–Kier alpha value is -2.60. The van der Waals surface area contributed by atoms with Crippen LogP contribution in [0.25, 0.3) is 10.9 Å². The van der Waals surface area contributed by atoms with Crippen LogP contribution in [0.3, 0.4) is 0 Å². The summed E-state index contributed by atoms with van der Waals surface area (Å²) in [6.07, 6.45) is 0.338.